The van der Waals surface area contributed by atoms with Crippen LogP contribution >= 0.6 is 11.6 Å². The Labute approximate surface area is 173 Å². The molecule has 0 spiro atoms. The van der Waals surface area contributed by atoms with Gasteiger partial charge < -0.3 is 9.64 Å². The van der Waals surface area contributed by atoms with Crippen molar-refractivity contribution in [3.8, 4) is 0 Å². The van der Waals surface area contributed by atoms with Crippen LogP contribution in [0.3, 0.4) is 0 Å². The first-order valence-corrected chi connectivity index (χ1v) is 9.75. The van der Waals surface area contributed by atoms with Crippen molar-refractivity contribution >= 4 is 40.5 Å². The van der Waals surface area contributed by atoms with Crippen molar-refractivity contribution in [3.63, 3.8) is 0 Å². The Morgan fingerprint density at radius 2 is 1.79 bits per heavy atom. The molecule has 0 aliphatic carbocycles. The number of hydrogen-bond donors (Lipinski definition) is 2. The van der Waals surface area contributed by atoms with Gasteiger partial charge in [-0.2, -0.15) is 9.78 Å². The van der Waals surface area contributed by atoms with Crippen LogP contribution in [-0.4, -0.2) is 51.4 Å². The number of fused-ring (bicyclic) bond motifs is 1. The van der Waals surface area contributed by atoms with E-state index < -0.39 is 11.6 Å². The molecule has 2 N–H and O–H groups in total. The number of carbonyl (C=O) groups excluding carboxylic acids is 3. The first-order chi connectivity index (χ1) is 13.7. The summed E-state index contributed by atoms with van der Waals surface area (Å²) in [6.07, 6.45) is 0.585. The number of hydrogen-bond acceptors (Lipinski definition) is 5. The number of aromatic nitrogens is 2. The third-order valence-corrected chi connectivity index (χ3v) is 4.82. The maximum atomic E-state index is 12.4. The van der Waals surface area contributed by atoms with Crippen LogP contribution in [0.15, 0.2) is 24.3 Å². The zero-order valence-corrected chi connectivity index (χ0v) is 17.3. The van der Waals surface area contributed by atoms with Gasteiger partial charge in [0.05, 0.1) is 5.52 Å². The molecule has 1 fully saturated rings. The van der Waals surface area contributed by atoms with Gasteiger partial charge in [0.1, 0.15) is 5.60 Å². The molecule has 0 radical (unpaired) electrons. The molecule has 2 aromatic rings. The molecule has 3 amide bonds. The van der Waals surface area contributed by atoms with Crippen LogP contribution in [0.2, 0.25) is 5.15 Å². The number of ether oxygens (including phenoxy) is 1. The minimum Gasteiger partial charge on any atom is -0.444 e. The molecule has 3 rings (SSSR count). The fourth-order valence-corrected chi connectivity index (χ4v) is 3.34. The molecule has 0 unspecified atom stereocenters. The largest absolute Gasteiger partial charge is 0.444 e. The average Bonchev–Trinajstić information content (AvgIpc) is 3.02. The summed E-state index contributed by atoms with van der Waals surface area (Å²) in [5.74, 6) is -0.628. The number of nitrogens with zero attached hydrogens (tertiary/aromatic N) is 3. The molecular formula is C19H24ClN5O4. The molecule has 29 heavy (non-hydrogen) atoms. The lowest BCUT2D eigenvalue weighted by Crippen LogP contribution is -2.49. The quantitative estimate of drug-likeness (QED) is 0.688. The van der Waals surface area contributed by atoms with Gasteiger partial charge in [0.15, 0.2) is 5.15 Å². The summed E-state index contributed by atoms with van der Waals surface area (Å²) in [5, 5.41) is 4.85. The minimum atomic E-state index is -0.618. The highest BCUT2D eigenvalue weighted by molar-refractivity contribution is 6.34. The summed E-state index contributed by atoms with van der Waals surface area (Å²) >= 11 is 6.04. The Balaban J connectivity index is 1.51. The highest BCUT2D eigenvalue weighted by Gasteiger charge is 2.30. The van der Waals surface area contributed by atoms with E-state index in [-0.39, 0.29) is 23.1 Å². The number of rotatable bonds is 1. The van der Waals surface area contributed by atoms with Gasteiger partial charge in [0.25, 0.3) is 0 Å². The SMILES string of the molecule is CC(C)(C)OC(=O)N1CCC(C(=O)NNC(=O)n2nc(Cl)c3ccccc32)CC1. The zero-order valence-electron chi connectivity index (χ0n) is 16.6. The molecule has 0 atom stereocenters. The number of nitrogens with one attached hydrogen (secondary N) is 2. The monoisotopic (exact) mass is 421 g/mol. The molecule has 1 aromatic carbocycles. The second-order valence-electron chi connectivity index (χ2n) is 7.88. The van der Waals surface area contributed by atoms with Crippen LogP contribution in [0.4, 0.5) is 9.59 Å². The van der Waals surface area contributed by atoms with Crippen molar-refractivity contribution in [2.75, 3.05) is 13.1 Å². The highest BCUT2D eigenvalue weighted by Crippen LogP contribution is 2.22. The van der Waals surface area contributed by atoms with E-state index in [1.807, 2.05) is 20.8 Å². The minimum absolute atomic E-state index is 0.205. The summed E-state index contributed by atoms with van der Waals surface area (Å²) in [5.41, 5.74) is 4.77. The summed E-state index contributed by atoms with van der Waals surface area (Å²) in [4.78, 5) is 38.5. The van der Waals surface area contributed by atoms with Crippen LogP contribution in [0.5, 0.6) is 0 Å². The summed E-state index contributed by atoms with van der Waals surface area (Å²) in [7, 11) is 0. The van der Waals surface area contributed by atoms with Crippen molar-refractivity contribution in [2.24, 2.45) is 5.92 Å². The van der Waals surface area contributed by atoms with Crippen molar-refractivity contribution in [2.45, 2.75) is 39.2 Å². The lowest BCUT2D eigenvalue weighted by Gasteiger charge is -2.32. The molecule has 10 heteroatoms. The van der Waals surface area contributed by atoms with E-state index in [1.54, 1.807) is 29.2 Å². The molecule has 2 heterocycles. The van der Waals surface area contributed by atoms with Crippen LogP contribution in [0.25, 0.3) is 10.9 Å². The Bertz CT molecular complexity index is 928. The van der Waals surface area contributed by atoms with Gasteiger partial charge in [-0.05, 0) is 45.7 Å². The summed E-state index contributed by atoms with van der Waals surface area (Å²) in [6, 6.07) is 6.41. The van der Waals surface area contributed by atoms with E-state index >= 15 is 0 Å². The first-order valence-electron chi connectivity index (χ1n) is 9.37. The predicted octanol–water partition coefficient (Wildman–Crippen LogP) is 2.93. The molecule has 1 aliphatic rings. The normalized spacial score (nSPS) is 15.2. The van der Waals surface area contributed by atoms with Gasteiger partial charge in [0.2, 0.25) is 5.91 Å². The molecular weight excluding hydrogens is 398 g/mol. The number of likely N-dealkylation sites (tertiary alicyclic amines) is 1. The smallest absolute Gasteiger partial charge is 0.410 e. The Kier molecular flexibility index (Phi) is 5.97. The summed E-state index contributed by atoms with van der Waals surface area (Å²) < 4.78 is 6.45. The van der Waals surface area contributed by atoms with E-state index in [2.05, 4.69) is 16.0 Å². The van der Waals surface area contributed by atoms with Crippen LogP contribution in [-0.2, 0) is 9.53 Å². The van der Waals surface area contributed by atoms with Gasteiger partial charge in [-0.1, -0.05) is 23.7 Å². The van der Waals surface area contributed by atoms with Gasteiger partial charge in [-0.15, -0.1) is 0 Å². The van der Waals surface area contributed by atoms with E-state index in [0.29, 0.717) is 36.8 Å². The molecule has 0 bridgehead atoms. The Morgan fingerprint density at radius 3 is 2.45 bits per heavy atom. The Morgan fingerprint density at radius 1 is 1.14 bits per heavy atom. The number of piperidine rings is 1. The van der Waals surface area contributed by atoms with Crippen molar-refractivity contribution in [1.29, 1.82) is 0 Å². The summed E-state index contributed by atoms with van der Waals surface area (Å²) in [6.45, 7) is 6.26. The Hall–Kier alpha value is -2.81. The van der Waals surface area contributed by atoms with E-state index in [1.165, 1.54) is 0 Å². The van der Waals surface area contributed by atoms with Crippen LogP contribution in [0.1, 0.15) is 33.6 Å². The number of hydrazine groups is 1. The lowest BCUT2D eigenvalue weighted by atomic mass is 9.96. The number of halogens is 1. The number of benzene rings is 1. The molecule has 1 saturated heterocycles. The highest BCUT2D eigenvalue weighted by atomic mass is 35.5. The average molecular weight is 422 g/mol. The van der Waals surface area contributed by atoms with Gasteiger partial charge in [-0.25, -0.2) is 15.0 Å². The third-order valence-electron chi connectivity index (χ3n) is 4.54. The van der Waals surface area contributed by atoms with Gasteiger partial charge in [-0.3, -0.25) is 10.2 Å². The van der Waals surface area contributed by atoms with Crippen LogP contribution in [0, 0.1) is 5.92 Å². The number of amides is 3. The maximum absolute atomic E-state index is 12.4. The molecule has 0 saturated carbocycles. The van der Waals surface area contributed by atoms with E-state index in [0.717, 1.165) is 4.68 Å². The van der Waals surface area contributed by atoms with Crippen LogP contribution < -0.4 is 10.9 Å². The molecule has 156 valence electrons. The fourth-order valence-electron chi connectivity index (χ4n) is 3.10. The lowest BCUT2D eigenvalue weighted by molar-refractivity contribution is -0.127. The third kappa shape index (κ3) is 4.97. The second kappa shape index (κ2) is 8.28. The second-order valence-corrected chi connectivity index (χ2v) is 8.24. The van der Waals surface area contributed by atoms with E-state index in [9.17, 15) is 14.4 Å². The first kappa shape index (κ1) is 20.9. The van der Waals surface area contributed by atoms with Gasteiger partial charge >= 0.3 is 12.1 Å². The van der Waals surface area contributed by atoms with Crippen molar-refractivity contribution < 1.29 is 19.1 Å². The number of para-hydroxylation sites is 1. The predicted molar refractivity (Wildman–Crippen MR) is 107 cm³/mol. The van der Waals surface area contributed by atoms with Gasteiger partial charge in [0, 0.05) is 24.4 Å². The van der Waals surface area contributed by atoms with E-state index in [4.69, 9.17) is 16.3 Å². The standard InChI is InChI=1S/C19H24ClN5O4/c1-19(2,3)29-18(28)24-10-8-12(9-11-24)16(26)21-22-17(27)25-14-7-5-4-6-13(14)15(20)23-25/h4-7,12H,8-11H2,1-3H3,(H,21,26)(H,22,27). The maximum Gasteiger partial charge on any atom is 0.410 e. The molecule has 1 aliphatic heterocycles. The molecule has 9 nitrogen and oxygen atoms in total. The molecule has 1 aromatic heterocycles. The number of carbonyl (C=O) groups is 3. The van der Waals surface area contributed by atoms with Crippen molar-refractivity contribution in [3.05, 3.63) is 29.4 Å². The fraction of sp³-hybridized carbons (Fsp3) is 0.474. The zero-order chi connectivity index (χ0) is 21.2. The topological polar surface area (TPSA) is 106 Å². The van der Waals surface area contributed by atoms with Crippen molar-refractivity contribution in [1.82, 2.24) is 25.5 Å².